The van der Waals surface area contributed by atoms with Crippen molar-refractivity contribution < 1.29 is 9.90 Å². The first-order chi connectivity index (χ1) is 8.65. The summed E-state index contributed by atoms with van der Waals surface area (Å²) in [5, 5.41) is 11.5. The number of benzene rings is 1. The third kappa shape index (κ3) is 3.38. The average molecular weight is 262 g/mol. The lowest BCUT2D eigenvalue weighted by atomic mass is 10.1. The van der Waals surface area contributed by atoms with Crippen molar-refractivity contribution in [1.29, 1.82) is 0 Å². The van der Waals surface area contributed by atoms with Crippen LogP contribution in [0.25, 0.3) is 11.3 Å². The summed E-state index contributed by atoms with van der Waals surface area (Å²) >= 11 is 1.52. The van der Waals surface area contributed by atoms with Crippen LogP contribution in [0.2, 0.25) is 0 Å². The van der Waals surface area contributed by atoms with E-state index in [-0.39, 0.29) is 12.5 Å². The van der Waals surface area contributed by atoms with Gasteiger partial charge in [0, 0.05) is 23.4 Å². The van der Waals surface area contributed by atoms with Crippen molar-refractivity contribution in [1.82, 2.24) is 4.98 Å². The zero-order valence-electron chi connectivity index (χ0n) is 9.74. The van der Waals surface area contributed by atoms with Gasteiger partial charge in [0.2, 0.25) is 0 Å². The number of aliphatic carboxylic acids is 1. The molecule has 0 fully saturated rings. The second-order valence-electron chi connectivity index (χ2n) is 4.05. The zero-order valence-corrected chi connectivity index (χ0v) is 10.6. The molecule has 1 heterocycles. The molecule has 94 valence electrons. The SMILES string of the molecule is NC(CC(=O)O)Cc1nc(-c2ccccc2)cs1. The molecule has 1 unspecified atom stereocenters. The molecule has 0 amide bonds. The van der Waals surface area contributed by atoms with Crippen LogP contribution >= 0.6 is 11.3 Å². The zero-order chi connectivity index (χ0) is 13.0. The van der Waals surface area contributed by atoms with Crippen molar-refractivity contribution in [2.45, 2.75) is 18.9 Å². The highest BCUT2D eigenvalue weighted by molar-refractivity contribution is 7.09. The van der Waals surface area contributed by atoms with Crippen LogP contribution in [0.5, 0.6) is 0 Å². The number of rotatable bonds is 5. The normalized spacial score (nSPS) is 12.3. The minimum atomic E-state index is -0.873. The Morgan fingerprint density at radius 2 is 2.11 bits per heavy atom. The summed E-state index contributed by atoms with van der Waals surface area (Å²) in [4.78, 5) is 15.0. The predicted molar refractivity (Wildman–Crippen MR) is 71.5 cm³/mol. The molecular formula is C13H14N2O2S. The standard InChI is InChI=1S/C13H14N2O2S/c14-10(7-13(16)17)6-12-15-11(8-18-12)9-4-2-1-3-5-9/h1-5,8,10H,6-7,14H2,(H,16,17). The molecule has 4 nitrogen and oxygen atoms in total. The van der Waals surface area contributed by atoms with Crippen molar-refractivity contribution in [3.8, 4) is 11.3 Å². The Kier molecular flexibility index (Phi) is 4.07. The fraction of sp³-hybridized carbons (Fsp3) is 0.231. The molecule has 18 heavy (non-hydrogen) atoms. The van der Waals surface area contributed by atoms with Crippen molar-refractivity contribution in [2.75, 3.05) is 0 Å². The van der Waals surface area contributed by atoms with E-state index in [1.165, 1.54) is 11.3 Å². The molecule has 0 bridgehead atoms. The molecule has 0 aliphatic heterocycles. The molecule has 0 radical (unpaired) electrons. The second-order valence-corrected chi connectivity index (χ2v) is 5.00. The van der Waals surface area contributed by atoms with E-state index in [4.69, 9.17) is 10.8 Å². The van der Waals surface area contributed by atoms with Gasteiger partial charge >= 0.3 is 5.97 Å². The van der Waals surface area contributed by atoms with E-state index < -0.39 is 5.97 Å². The first-order valence-electron chi connectivity index (χ1n) is 5.62. The van der Waals surface area contributed by atoms with Crippen LogP contribution in [-0.2, 0) is 11.2 Å². The number of nitrogens with zero attached hydrogens (tertiary/aromatic N) is 1. The summed E-state index contributed by atoms with van der Waals surface area (Å²) in [6.07, 6.45) is 0.476. The van der Waals surface area contributed by atoms with E-state index in [2.05, 4.69) is 4.98 Å². The third-order valence-corrected chi connectivity index (χ3v) is 3.37. The highest BCUT2D eigenvalue weighted by atomic mass is 32.1. The summed E-state index contributed by atoms with van der Waals surface area (Å²) in [7, 11) is 0. The molecule has 1 aromatic heterocycles. The van der Waals surface area contributed by atoms with Crippen LogP contribution in [0.4, 0.5) is 0 Å². The topological polar surface area (TPSA) is 76.2 Å². The van der Waals surface area contributed by atoms with E-state index in [0.29, 0.717) is 6.42 Å². The summed E-state index contributed by atoms with van der Waals surface area (Å²) in [5.74, 6) is -0.873. The second kappa shape index (κ2) is 5.75. The van der Waals surface area contributed by atoms with Crippen LogP contribution in [0.1, 0.15) is 11.4 Å². The third-order valence-electron chi connectivity index (χ3n) is 2.49. The number of carbonyl (C=O) groups is 1. The van der Waals surface area contributed by atoms with Gasteiger partial charge in [-0.3, -0.25) is 4.79 Å². The van der Waals surface area contributed by atoms with Gasteiger partial charge in [-0.25, -0.2) is 4.98 Å². The summed E-state index contributed by atoms with van der Waals surface area (Å²) in [6.45, 7) is 0. The Balaban J connectivity index is 2.05. The number of aromatic nitrogens is 1. The maximum atomic E-state index is 10.5. The quantitative estimate of drug-likeness (QED) is 0.865. The molecule has 0 spiro atoms. The van der Waals surface area contributed by atoms with Gasteiger partial charge in [-0.15, -0.1) is 11.3 Å². The van der Waals surface area contributed by atoms with Crippen LogP contribution in [0.3, 0.4) is 0 Å². The maximum Gasteiger partial charge on any atom is 0.304 e. The van der Waals surface area contributed by atoms with Gasteiger partial charge in [0.1, 0.15) is 0 Å². The number of nitrogens with two attached hydrogens (primary N) is 1. The van der Waals surface area contributed by atoms with E-state index in [0.717, 1.165) is 16.3 Å². The Bertz CT molecular complexity index is 525. The predicted octanol–water partition coefficient (Wildman–Crippen LogP) is 2.15. The summed E-state index contributed by atoms with van der Waals surface area (Å²) < 4.78 is 0. The summed E-state index contributed by atoms with van der Waals surface area (Å²) in [6, 6.07) is 9.50. The Morgan fingerprint density at radius 1 is 1.39 bits per heavy atom. The van der Waals surface area contributed by atoms with Gasteiger partial charge in [0.15, 0.2) is 0 Å². The molecule has 5 heteroatoms. The highest BCUT2D eigenvalue weighted by Gasteiger charge is 2.12. The van der Waals surface area contributed by atoms with Crippen molar-refractivity contribution in [3.63, 3.8) is 0 Å². The monoisotopic (exact) mass is 262 g/mol. The number of hydrogen-bond acceptors (Lipinski definition) is 4. The Hall–Kier alpha value is -1.72. The molecule has 1 atom stereocenters. The number of thiazole rings is 1. The van der Waals surface area contributed by atoms with Crippen LogP contribution in [0.15, 0.2) is 35.7 Å². The van der Waals surface area contributed by atoms with Gasteiger partial charge in [-0.1, -0.05) is 30.3 Å². The van der Waals surface area contributed by atoms with Crippen LogP contribution in [0, 0.1) is 0 Å². The molecule has 1 aromatic carbocycles. The first-order valence-corrected chi connectivity index (χ1v) is 6.50. The molecule has 2 aromatic rings. The smallest absolute Gasteiger partial charge is 0.304 e. The lowest BCUT2D eigenvalue weighted by Gasteiger charge is -2.05. The highest BCUT2D eigenvalue weighted by Crippen LogP contribution is 2.22. The van der Waals surface area contributed by atoms with Gasteiger partial charge in [-0.2, -0.15) is 0 Å². The molecule has 3 N–H and O–H groups in total. The van der Waals surface area contributed by atoms with Crippen LogP contribution < -0.4 is 5.73 Å². The summed E-state index contributed by atoms with van der Waals surface area (Å²) in [5.41, 5.74) is 7.72. The number of hydrogen-bond donors (Lipinski definition) is 2. The molecule has 0 aliphatic rings. The minimum Gasteiger partial charge on any atom is -0.481 e. The van der Waals surface area contributed by atoms with Crippen molar-refractivity contribution in [3.05, 3.63) is 40.7 Å². The number of carboxylic acid groups (broad SMARTS) is 1. The van der Waals surface area contributed by atoms with Crippen molar-refractivity contribution in [2.24, 2.45) is 5.73 Å². The van der Waals surface area contributed by atoms with E-state index in [1.807, 2.05) is 35.7 Å². The van der Waals surface area contributed by atoms with E-state index >= 15 is 0 Å². The molecule has 0 aliphatic carbocycles. The molecule has 2 rings (SSSR count). The van der Waals surface area contributed by atoms with Crippen LogP contribution in [-0.4, -0.2) is 22.1 Å². The van der Waals surface area contributed by atoms with E-state index in [9.17, 15) is 4.79 Å². The van der Waals surface area contributed by atoms with E-state index in [1.54, 1.807) is 0 Å². The Morgan fingerprint density at radius 3 is 2.78 bits per heavy atom. The largest absolute Gasteiger partial charge is 0.481 e. The van der Waals surface area contributed by atoms with Gasteiger partial charge in [0.05, 0.1) is 17.1 Å². The van der Waals surface area contributed by atoms with Crippen molar-refractivity contribution >= 4 is 17.3 Å². The maximum absolute atomic E-state index is 10.5. The van der Waals surface area contributed by atoms with Gasteiger partial charge in [0.25, 0.3) is 0 Å². The lowest BCUT2D eigenvalue weighted by molar-refractivity contribution is -0.137. The Labute approximate surface area is 109 Å². The lowest BCUT2D eigenvalue weighted by Crippen LogP contribution is -2.26. The fourth-order valence-corrected chi connectivity index (χ4v) is 2.56. The van der Waals surface area contributed by atoms with Gasteiger partial charge < -0.3 is 10.8 Å². The minimum absolute atomic E-state index is 0.0275. The first kappa shape index (κ1) is 12.7. The van der Waals surface area contributed by atoms with Gasteiger partial charge in [-0.05, 0) is 0 Å². The molecular weight excluding hydrogens is 248 g/mol. The average Bonchev–Trinajstić information content (AvgIpc) is 2.77. The number of carboxylic acids is 1. The fourth-order valence-electron chi connectivity index (χ4n) is 1.67. The molecule has 0 saturated heterocycles. The molecule has 0 saturated carbocycles.